The van der Waals surface area contributed by atoms with E-state index in [9.17, 15) is 8.42 Å². The fraction of sp³-hybridized carbons (Fsp3) is 0.500. The van der Waals surface area contributed by atoms with Gasteiger partial charge in [-0.3, -0.25) is 0 Å². The minimum atomic E-state index is -3.61. The number of anilines is 1. The lowest BCUT2D eigenvalue weighted by Crippen LogP contribution is -2.28. The van der Waals surface area contributed by atoms with Crippen LogP contribution in [-0.4, -0.2) is 53.7 Å². The van der Waals surface area contributed by atoms with Crippen molar-refractivity contribution < 1.29 is 13.2 Å². The quantitative estimate of drug-likeness (QED) is 0.719. The first-order valence-electron chi connectivity index (χ1n) is 5.97. The number of hydrogen-bond acceptors (Lipinski definition) is 5. The number of benzene rings is 1. The highest BCUT2D eigenvalue weighted by atomic mass is 32.2. The Kier molecular flexibility index (Phi) is 6.23. The molecule has 0 saturated heterocycles. The maximum absolute atomic E-state index is 11.1. The summed E-state index contributed by atoms with van der Waals surface area (Å²) in [5.41, 5.74) is 0.868. The first kappa shape index (κ1) is 15.9. The van der Waals surface area contributed by atoms with Crippen molar-refractivity contribution in [1.29, 1.82) is 0 Å². The molecular formula is C12H21N3O3S. The smallest absolute Gasteiger partial charge is 0.238 e. The SMILES string of the molecule is COCCN(C)CCNc1ccc(S(N)(=O)=O)cc1. The summed E-state index contributed by atoms with van der Waals surface area (Å²) in [6, 6.07) is 6.39. The van der Waals surface area contributed by atoms with Crippen LogP contribution in [0.3, 0.4) is 0 Å². The summed E-state index contributed by atoms with van der Waals surface area (Å²) in [6.45, 7) is 3.23. The Balaban J connectivity index is 2.38. The van der Waals surface area contributed by atoms with Gasteiger partial charge in [-0.2, -0.15) is 0 Å². The molecule has 3 N–H and O–H groups in total. The van der Waals surface area contributed by atoms with Crippen molar-refractivity contribution in [1.82, 2.24) is 4.90 Å². The van der Waals surface area contributed by atoms with Crippen molar-refractivity contribution in [3.63, 3.8) is 0 Å². The van der Waals surface area contributed by atoms with Gasteiger partial charge >= 0.3 is 0 Å². The molecule has 0 radical (unpaired) electrons. The zero-order valence-electron chi connectivity index (χ0n) is 11.3. The molecule has 0 amide bonds. The average molecular weight is 287 g/mol. The summed E-state index contributed by atoms with van der Waals surface area (Å²) in [7, 11) is 0.0846. The second-order valence-corrected chi connectivity index (χ2v) is 5.85. The second-order valence-electron chi connectivity index (χ2n) is 4.29. The lowest BCUT2D eigenvalue weighted by atomic mass is 10.3. The first-order chi connectivity index (χ1) is 8.93. The van der Waals surface area contributed by atoms with Crippen molar-refractivity contribution in [2.24, 2.45) is 5.14 Å². The largest absolute Gasteiger partial charge is 0.384 e. The van der Waals surface area contributed by atoms with Crippen LogP contribution in [0.5, 0.6) is 0 Å². The monoisotopic (exact) mass is 287 g/mol. The molecule has 0 saturated carbocycles. The molecule has 0 aliphatic rings. The van der Waals surface area contributed by atoms with E-state index in [0.29, 0.717) is 6.61 Å². The highest BCUT2D eigenvalue weighted by molar-refractivity contribution is 7.89. The van der Waals surface area contributed by atoms with Crippen LogP contribution in [0.1, 0.15) is 0 Å². The molecule has 1 aromatic rings. The summed E-state index contributed by atoms with van der Waals surface area (Å²) < 4.78 is 27.2. The van der Waals surface area contributed by atoms with Gasteiger partial charge in [0.2, 0.25) is 10.0 Å². The molecule has 1 aromatic carbocycles. The number of ether oxygens (including phenoxy) is 1. The molecule has 0 unspecified atom stereocenters. The van der Waals surface area contributed by atoms with Crippen LogP contribution in [0.15, 0.2) is 29.2 Å². The molecule has 0 aliphatic heterocycles. The Hall–Kier alpha value is -1.15. The third kappa shape index (κ3) is 6.02. The van der Waals surface area contributed by atoms with Crippen LogP contribution >= 0.6 is 0 Å². The lowest BCUT2D eigenvalue weighted by Gasteiger charge is -2.16. The first-order valence-corrected chi connectivity index (χ1v) is 7.52. The van der Waals surface area contributed by atoms with Gasteiger partial charge in [0.25, 0.3) is 0 Å². The molecule has 7 heteroatoms. The van der Waals surface area contributed by atoms with Crippen molar-refractivity contribution in [3.8, 4) is 0 Å². The van der Waals surface area contributed by atoms with Gasteiger partial charge in [-0.05, 0) is 31.3 Å². The van der Waals surface area contributed by atoms with Crippen LogP contribution in [0.2, 0.25) is 0 Å². The minimum Gasteiger partial charge on any atom is -0.384 e. The molecular weight excluding hydrogens is 266 g/mol. The predicted octanol–water partition coefficient (Wildman–Crippen LogP) is 0.324. The molecule has 1 rings (SSSR count). The summed E-state index contributed by atoms with van der Waals surface area (Å²) in [4.78, 5) is 2.27. The fourth-order valence-electron chi connectivity index (χ4n) is 1.51. The molecule has 0 aromatic heterocycles. The molecule has 0 atom stereocenters. The van der Waals surface area contributed by atoms with E-state index in [1.165, 1.54) is 12.1 Å². The Morgan fingerprint density at radius 3 is 2.42 bits per heavy atom. The molecule has 0 spiro atoms. The van der Waals surface area contributed by atoms with E-state index in [1.807, 2.05) is 7.05 Å². The number of methoxy groups -OCH3 is 1. The average Bonchev–Trinajstić information content (AvgIpc) is 2.36. The number of nitrogens with one attached hydrogen (secondary N) is 1. The summed E-state index contributed by atoms with van der Waals surface area (Å²) >= 11 is 0. The number of rotatable bonds is 8. The second kappa shape index (κ2) is 7.44. The van der Waals surface area contributed by atoms with Gasteiger partial charge < -0.3 is 15.0 Å². The molecule has 0 fully saturated rings. The fourth-order valence-corrected chi connectivity index (χ4v) is 2.03. The van der Waals surface area contributed by atoms with Gasteiger partial charge in [0.15, 0.2) is 0 Å². The van der Waals surface area contributed by atoms with E-state index < -0.39 is 10.0 Å². The van der Waals surface area contributed by atoms with Crippen molar-refractivity contribution in [2.75, 3.05) is 45.7 Å². The number of nitrogens with zero attached hydrogens (tertiary/aromatic N) is 1. The number of primary sulfonamides is 1. The van der Waals surface area contributed by atoms with E-state index in [4.69, 9.17) is 9.88 Å². The van der Waals surface area contributed by atoms with Gasteiger partial charge in [-0.25, -0.2) is 13.6 Å². The zero-order chi connectivity index (χ0) is 14.3. The van der Waals surface area contributed by atoms with Crippen LogP contribution in [0.25, 0.3) is 0 Å². The van der Waals surface area contributed by atoms with Crippen LogP contribution < -0.4 is 10.5 Å². The Morgan fingerprint density at radius 1 is 1.26 bits per heavy atom. The Bertz CT molecular complexity index is 473. The van der Waals surface area contributed by atoms with Crippen LogP contribution in [-0.2, 0) is 14.8 Å². The van der Waals surface area contributed by atoms with Crippen LogP contribution in [0, 0.1) is 0 Å². The molecule has 0 aliphatic carbocycles. The van der Waals surface area contributed by atoms with Crippen molar-refractivity contribution in [3.05, 3.63) is 24.3 Å². The highest BCUT2D eigenvalue weighted by Gasteiger charge is 2.06. The zero-order valence-corrected chi connectivity index (χ0v) is 12.1. The van der Waals surface area contributed by atoms with E-state index in [-0.39, 0.29) is 4.90 Å². The minimum absolute atomic E-state index is 0.121. The number of sulfonamides is 1. The predicted molar refractivity (Wildman–Crippen MR) is 75.7 cm³/mol. The van der Waals surface area contributed by atoms with Gasteiger partial charge in [-0.15, -0.1) is 0 Å². The lowest BCUT2D eigenvalue weighted by molar-refractivity contribution is 0.163. The Labute approximate surface area is 114 Å². The maximum Gasteiger partial charge on any atom is 0.238 e. The summed E-state index contributed by atoms with van der Waals surface area (Å²) in [6.07, 6.45) is 0. The normalized spacial score (nSPS) is 11.8. The highest BCUT2D eigenvalue weighted by Crippen LogP contribution is 2.12. The number of likely N-dealkylation sites (N-methyl/N-ethyl adjacent to an activating group) is 1. The van der Waals surface area contributed by atoms with E-state index in [0.717, 1.165) is 25.3 Å². The summed E-state index contributed by atoms with van der Waals surface area (Å²) in [5, 5.41) is 8.24. The third-order valence-electron chi connectivity index (χ3n) is 2.68. The van der Waals surface area contributed by atoms with Gasteiger partial charge in [0, 0.05) is 32.4 Å². The maximum atomic E-state index is 11.1. The molecule has 108 valence electrons. The number of nitrogens with two attached hydrogens (primary N) is 1. The van der Waals surface area contributed by atoms with E-state index >= 15 is 0 Å². The van der Waals surface area contributed by atoms with Gasteiger partial charge in [0.05, 0.1) is 11.5 Å². The topological polar surface area (TPSA) is 84.7 Å². The standard InChI is InChI=1S/C12H21N3O3S/c1-15(9-10-18-2)8-7-14-11-3-5-12(6-4-11)19(13,16)17/h3-6,14H,7-10H2,1-2H3,(H2,13,16,17). The van der Waals surface area contributed by atoms with E-state index in [2.05, 4.69) is 10.2 Å². The van der Waals surface area contributed by atoms with Gasteiger partial charge in [-0.1, -0.05) is 0 Å². The Morgan fingerprint density at radius 2 is 1.89 bits per heavy atom. The van der Waals surface area contributed by atoms with Crippen LogP contribution in [0.4, 0.5) is 5.69 Å². The third-order valence-corrected chi connectivity index (χ3v) is 3.61. The van der Waals surface area contributed by atoms with Gasteiger partial charge in [0.1, 0.15) is 0 Å². The molecule has 6 nitrogen and oxygen atoms in total. The van der Waals surface area contributed by atoms with E-state index in [1.54, 1.807) is 19.2 Å². The summed E-state index contributed by atoms with van der Waals surface area (Å²) in [5.74, 6) is 0. The van der Waals surface area contributed by atoms with Crippen molar-refractivity contribution in [2.45, 2.75) is 4.90 Å². The molecule has 0 bridgehead atoms. The molecule has 0 heterocycles. The van der Waals surface area contributed by atoms with Crippen molar-refractivity contribution >= 4 is 15.7 Å². The molecule has 19 heavy (non-hydrogen) atoms. The number of hydrogen-bond donors (Lipinski definition) is 2.